The van der Waals surface area contributed by atoms with Gasteiger partial charge >= 0.3 is 0 Å². The van der Waals surface area contributed by atoms with Gasteiger partial charge in [-0.25, -0.2) is 13.8 Å². The van der Waals surface area contributed by atoms with Gasteiger partial charge in [0.1, 0.15) is 17.8 Å². The van der Waals surface area contributed by atoms with Crippen LogP contribution in [0.2, 0.25) is 0 Å². The zero-order chi connectivity index (χ0) is 11.9. The highest BCUT2D eigenvalue weighted by atomic mass is 79.9. The zero-order valence-corrected chi connectivity index (χ0v) is 9.16. The molecule has 0 bridgehead atoms. The van der Waals surface area contributed by atoms with Gasteiger partial charge in [0.2, 0.25) is 0 Å². The van der Waals surface area contributed by atoms with Crippen LogP contribution in [0.25, 0.3) is 10.9 Å². The number of pyridine rings is 1. The minimum atomic E-state index is -0.882. The molecule has 0 aliphatic carbocycles. The third kappa shape index (κ3) is 1.63. The molecule has 1 heterocycles. The van der Waals surface area contributed by atoms with Crippen molar-refractivity contribution in [3.8, 4) is 0 Å². The van der Waals surface area contributed by atoms with Crippen LogP contribution in [0.15, 0.2) is 22.8 Å². The normalized spacial score (nSPS) is 10.7. The Kier molecular flexibility index (Phi) is 2.55. The van der Waals surface area contributed by atoms with Gasteiger partial charge in [-0.1, -0.05) is 0 Å². The number of halogens is 3. The first kappa shape index (κ1) is 10.9. The molecule has 0 fully saturated rings. The molecule has 82 valence electrons. The summed E-state index contributed by atoms with van der Waals surface area (Å²) >= 11 is 2.90. The van der Waals surface area contributed by atoms with Gasteiger partial charge in [0, 0.05) is 17.5 Å². The summed E-state index contributed by atoms with van der Waals surface area (Å²) in [6.45, 7) is 0. The van der Waals surface area contributed by atoms with Crippen LogP contribution in [0.4, 0.5) is 14.5 Å². The number of hydrogen-bond donors (Lipinski definition) is 0. The van der Waals surface area contributed by atoms with E-state index in [0.29, 0.717) is 6.07 Å². The van der Waals surface area contributed by atoms with Crippen LogP contribution in [0.5, 0.6) is 0 Å². The van der Waals surface area contributed by atoms with E-state index in [1.165, 1.54) is 0 Å². The molecular formula is C9H3BrF2N2O2. The Hall–Kier alpha value is -1.63. The van der Waals surface area contributed by atoms with E-state index in [9.17, 15) is 18.9 Å². The van der Waals surface area contributed by atoms with Gasteiger partial charge in [-0.2, -0.15) is 0 Å². The van der Waals surface area contributed by atoms with Crippen LogP contribution in [0.3, 0.4) is 0 Å². The number of nitrogens with zero attached hydrogens (tertiary/aromatic N) is 2. The standard InChI is InChI=1S/C9H3BrF2N2O2/c10-8-7(12)2-6(11)5-1-4(14(15)16)3-13-9(5)8/h1-3H. The molecule has 2 rings (SSSR count). The molecule has 7 heteroatoms. The molecule has 1 aromatic heterocycles. The lowest BCUT2D eigenvalue weighted by molar-refractivity contribution is -0.385. The van der Waals surface area contributed by atoms with Gasteiger partial charge in [-0.05, 0) is 15.9 Å². The molecule has 4 nitrogen and oxygen atoms in total. The molecule has 0 aliphatic rings. The van der Waals surface area contributed by atoms with Crippen molar-refractivity contribution in [3.05, 3.63) is 44.6 Å². The monoisotopic (exact) mass is 288 g/mol. The van der Waals surface area contributed by atoms with Crippen LogP contribution < -0.4 is 0 Å². The molecule has 0 atom stereocenters. The first-order valence-corrected chi connectivity index (χ1v) is 4.87. The van der Waals surface area contributed by atoms with Crippen molar-refractivity contribution in [3.63, 3.8) is 0 Å². The van der Waals surface area contributed by atoms with Crippen molar-refractivity contribution < 1.29 is 13.7 Å². The average Bonchev–Trinajstić information content (AvgIpc) is 2.25. The Balaban J connectivity index is 2.84. The van der Waals surface area contributed by atoms with E-state index in [4.69, 9.17) is 0 Å². The molecule has 2 aromatic rings. The molecule has 1 aromatic carbocycles. The first-order chi connectivity index (χ1) is 7.50. The molecule has 0 spiro atoms. The van der Waals surface area contributed by atoms with E-state index in [2.05, 4.69) is 20.9 Å². The Morgan fingerprint density at radius 2 is 2.00 bits per heavy atom. The molecule has 0 radical (unpaired) electrons. The Bertz CT molecular complexity index is 604. The summed E-state index contributed by atoms with van der Waals surface area (Å²) in [7, 11) is 0. The van der Waals surface area contributed by atoms with Gasteiger partial charge in [-0.3, -0.25) is 10.1 Å². The zero-order valence-electron chi connectivity index (χ0n) is 7.58. The van der Waals surface area contributed by atoms with E-state index in [1.54, 1.807) is 0 Å². The van der Waals surface area contributed by atoms with Crippen LogP contribution in [0.1, 0.15) is 0 Å². The summed E-state index contributed by atoms with van der Waals surface area (Å²) in [6.07, 6.45) is 0.950. The second-order valence-corrected chi connectivity index (χ2v) is 3.79. The van der Waals surface area contributed by atoms with Crippen LogP contribution >= 0.6 is 15.9 Å². The van der Waals surface area contributed by atoms with Crippen molar-refractivity contribution in [2.24, 2.45) is 0 Å². The highest BCUT2D eigenvalue weighted by Crippen LogP contribution is 2.29. The molecule has 0 N–H and O–H groups in total. The molecule has 16 heavy (non-hydrogen) atoms. The summed E-state index contributed by atoms with van der Waals surface area (Å²) in [4.78, 5) is 13.4. The number of fused-ring (bicyclic) bond motifs is 1. The second-order valence-electron chi connectivity index (χ2n) is 3.00. The fraction of sp³-hybridized carbons (Fsp3) is 0. The third-order valence-corrected chi connectivity index (χ3v) is 2.77. The van der Waals surface area contributed by atoms with Gasteiger partial charge < -0.3 is 0 Å². The minimum Gasteiger partial charge on any atom is -0.258 e. The quantitative estimate of drug-likeness (QED) is 0.460. The summed E-state index contributed by atoms with van der Waals surface area (Å²) < 4.78 is 26.4. The average molecular weight is 289 g/mol. The highest BCUT2D eigenvalue weighted by Gasteiger charge is 2.15. The topological polar surface area (TPSA) is 56.0 Å². The summed E-state index contributed by atoms with van der Waals surface area (Å²) in [5.74, 6) is -1.68. The molecule has 0 saturated heterocycles. The number of nitro groups is 1. The molecule has 0 saturated carbocycles. The Labute approximate surface area is 96.2 Å². The van der Waals surface area contributed by atoms with Crippen molar-refractivity contribution in [1.29, 1.82) is 0 Å². The van der Waals surface area contributed by atoms with Crippen molar-refractivity contribution in [2.45, 2.75) is 0 Å². The van der Waals surface area contributed by atoms with Crippen LogP contribution in [-0.4, -0.2) is 9.91 Å². The lowest BCUT2D eigenvalue weighted by atomic mass is 10.2. The van der Waals surface area contributed by atoms with Crippen molar-refractivity contribution >= 4 is 32.5 Å². The predicted molar refractivity (Wildman–Crippen MR) is 56.0 cm³/mol. The predicted octanol–water partition coefficient (Wildman–Crippen LogP) is 3.18. The second kappa shape index (κ2) is 3.75. The Morgan fingerprint density at radius 3 is 2.62 bits per heavy atom. The van der Waals surface area contributed by atoms with Gasteiger partial charge in [0.25, 0.3) is 5.69 Å². The first-order valence-electron chi connectivity index (χ1n) is 4.08. The third-order valence-electron chi connectivity index (χ3n) is 2.01. The minimum absolute atomic E-state index is 0.0150. The Morgan fingerprint density at radius 1 is 1.31 bits per heavy atom. The van der Waals surface area contributed by atoms with E-state index in [0.717, 1.165) is 12.3 Å². The maximum absolute atomic E-state index is 13.3. The number of rotatable bonds is 1. The highest BCUT2D eigenvalue weighted by molar-refractivity contribution is 9.10. The number of aromatic nitrogens is 1. The maximum atomic E-state index is 13.3. The van der Waals surface area contributed by atoms with Gasteiger partial charge in [0.15, 0.2) is 0 Å². The summed E-state index contributed by atoms with van der Waals surface area (Å²) in [6, 6.07) is 1.67. The number of hydrogen-bond acceptors (Lipinski definition) is 3. The largest absolute Gasteiger partial charge is 0.288 e. The van der Waals surface area contributed by atoms with Crippen molar-refractivity contribution in [1.82, 2.24) is 4.98 Å². The lowest BCUT2D eigenvalue weighted by Gasteiger charge is -2.02. The smallest absolute Gasteiger partial charge is 0.258 e. The SMILES string of the molecule is O=[N+]([O-])c1cnc2c(Br)c(F)cc(F)c2c1. The fourth-order valence-electron chi connectivity index (χ4n) is 1.28. The maximum Gasteiger partial charge on any atom is 0.288 e. The van der Waals surface area contributed by atoms with E-state index in [-0.39, 0.29) is 21.1 Å². The molecular weight excluding hydrogens is 286 g/mol. The van der Waals surface area contributed by atoms with E-state index < -0.39 is 16.6 Å². The van der Waals surface area contributed by atoms with Crippen molar-refractivity contribution in [2.75, 3.05) is 0 Å². The van der Waals surface area contributed by atoms with Gasteiger partial charge in [-0.15, -0.1) is 0 Å². The van der Waals surface area contributed by atoms with E-state index >= 15 is 0 Å². The lowest BCUT2D eigenvalue weighted by Crippen LogP contribution is -1.93. The molecule has 0 unspecified atom stereocenters. The van der Waals surface area contributed by atoms with Crippen LogP contribution in [-0.2, 0) is 0 Å². The molecule has 0 aliphatic heterocycles. The number of benzene rings is 1. The summed E-state index contributed by atoms with van der Waals surface area (Å²) in [5, 5.41) is 10.4. The van der Waals surface area contributed by atoms with Crippen LogP contribution in [0, 0.1) is 21.7 Å². The fourth-order valence-corrected chi connectivity index (χ4v) is 1.71. The van der Waals surface area contributed by atoms with Gasteiger partial charge in [0.05, 0.1) is 14.9 Å². The molecule has 0 amide bonds. The van der Waals surface area contributed by atoms with E-state index in [1.807, 2.05) is 0 Å². The summed E-state index contributed by atoms with van der Waals surface area (Å²) in [5.41, 5.74) is -0.326.